The molecule has 0 atom stereocenters. The molecule has 0 saturated heterocycles. The van der Waals surface area contributed by atoms with Gasteiger partial charge in [-0.3, -0.25) is 0 Å². The molecule has 2 aromatic rings. The van der Waals surface area contributed by atoms with Gasteiger partial charge in [-0.2, -0.15) is 0 Å². The Kier molecular flexibility index (Phi) is 3.82. The van der Waals surface area contributed by atoms with Gasteiger partial charge in [0.2, 0.25) is 0 Å². The summed E-state index contributed by atoms with van der Waals surface area (Å²) in [5.41, 5.74) is 7.50. The molecule has 1 heterocycles. The van der Waals surface area contributed by atoms with Gasteiger partial charge in [-0.15, -0.1) is 23.1 Å². The van der Waals surface area contributed by atoms with Crippen LogP contribution in [0.4, 0.5) is 5.13 Å². The highest BCUT2D eigenvalue weighted by Gasteiger charge is 2.00. The number of anilines is 1. The van der Waals surface area contributed by atoms with Crippen molar-refractivity contribution in [1.82, 2.24) is 4.98 Å². The van der Waals surface area contributed by atoms with E-state index in [4.69, 9.17) is 10.8 Å². The third-order valence-corrected chi connectivity index (χ3v) is 3.83. The Morgan fingerprint density at radius 1 is 1.31 bits per heavy atom. The summed E-state index contributed by atoms with van der Waals surface area (Å²) < 4.78 is 0. The molecule has 1 aromatic carbocycles. The molecular weight excluding hydrogens is 240 g/mol. The number of nitrogens with two attached hydrogens (primary N) is 1. The second-order valence-electron chi connectivity index (χ2n) is 3.27. The van der Waals surface area contributed by atoms with Crippen molar-refractivity contribution in [3.05, 3.63) is 40.9 Å². The molecular formula is C11H12N2OS2. The predicted molar refractivity (Wildman–Crippen MR) is 68.5 cm³/mol. The summed E-state index contributed by atoms with van der Waals surface area (Å²) in [6.07, 6.45) is 0. The SMILES string of the molecule is Nc1nc(CSc2ccc(CO)cc2)cs1. The lowest BCUT2D eigenvalue weighted by Crippen LogP contribution is -1.85. The van der Waals surface area contributed by atoms with Crippen LogP contribution in [0.25, 0.3) is 0 Å². The van der Waals surface area contributed by atoms with Gasteiger partial charge in [0.25, 0.3) is 0 Å². The standard InChI is InChI=1S/C11H12N2OS2/c12-11-13-9(7-16-11)6-15-10-3-1-8(5-14)2-4-10/h1-4,7,14H,5-6H2,(H2,12,13). The zero-order valence-electron chi connectivity index (χ0n) is 8.59. The van der Waals surface area contributed by atoms with Gasteiger partial charge in [0.15, 0.2) is 5.13 Å². The van der Waals surface area contributed by atoms with Gasteiger partial charge in [0, 0.05) is 16.0 Å². The van der Waals surface area contributed by atoms with Crippen LogP contribution in [0.2, 0.25) is 0 Å². The minimum Gasteiger partial charge on any atom is -0.392 e. The fraction of sp³-hybridized carbons (Fsp3) is 0.182. The molecule has 0 bridgehead atoms. The molecule has 3 nitrogen and oxygen atoms in total. The summed E-state index contributed by atoms with van der Waals surface area (Å²) in [6.45, 7) is 0.0908. The minimum atomic E-state index is 0.0908. The molecule has 0 aliphatic heterocycles. The lowest BCUT2D eigenvalue weighted by Gasteiger charge is -2.00. The van der Waals surface area contributed by atoms with Crippen LogP contribution in [0.5, 0.6) is 0 Å². The maximum atomic E-state index is 8.91. The zero-order valence-corrected chi connectivity index (χ0v) is 10.2. The van der Waals surface area contributed by atoms with Crippen molar-refractivity contribution in [2.45, 2.75) is 17.3 Å². The van der Waals surface area contributed by atoms with Crippen molar-refractivity contribution in [1.29, 1.82) is 0 Å². The van der Waals surface area contributed by atoms with E-state index in [0.717, 1.165) is 17.0 Å². The number of hydrogen-bond donors (Lipinski definition) is 2. The van der Waals surface area contributed by atoms with Crippen LogP contribution < -0.4 is 5.73 Å². The maximum absolute atomic E-state index is 8.91. The molecule has 0 fully saturated rings. The first-order chi connectivity index (χ1) is 7.78. The third kappa shape index (κ3) is 2.98. The molecule has 0 spiro atoms. The fourth-order valence-electron chi connectivity index (χ4n) is 1.24. The van der Waals surface area contributed by atoms with E-state index in [9.17, 15) is 0 Å². The summed E-state index contributed by atoms with van der Waals surface area (Å²) in [7, 11) is 0. The lowest BCUT2D eigenvalue weighted by atomic mass is 10.2. The van der Waals surface area contributed by atoms with E-state index < -0.39 is 0 Å². The van der Waals surface area contributed by atoms with E-state index >= 15 is 0 Å². The Labute approximate surface area is 102 Å². The second kappa shape index (κ2) is 5.34. The summed E-state index contributed by atoms with van der Waals surface area (Å²) in [6, 6.07) is 7.87. The highest BCUT2D eigenvalue weighted by molar-refractivity contribution is 7.98. The van der Waals surface area contributed by atoms with Gasteiger partial charge >= 0.3 is 0 Å². The number of nitrogen functional groups attached to an aromatic ring is 1. The molecule has 5 heteroatoms. The van der Waals surface area contributed by atoms with Crippen LogP contribution in [0.3, 0.4) is 0 Å². The van der Waals surface area contributed by atoms with Crippen molar-refractivity contribution in [2.75, 3.05) is 5.73 Å². The van der Waals surface area contributed by atoms with E-state index in [-0.39, 0.29) is 6.61 Å². The van der Waals surface area contributed by atoms with Gasteiger partial charge in [-0.1, -0.05) is 12.1 Å². The number of thiazole rings is 1. The van der Waals surface area contributed by atoms with E-state index in [1.54, 1.807) is 11.8 Å². The van der Waals surface area contributed by atoms with Crippen molar-refractivity contribution in [3.63, 3.8) is 0 Å². The number of rotatable bonds is 4. The molecule has 0 aliphatic carbocycles. The molecule has 0 radical (unpaired) electrons. The number of nitrogens with zero attached hydrogens (tertiary/aromatic N) is 1. The van der Waals surface area contributed by atoms with Crippen LogP contribution in [0, 0.1) is 0 Å². The normalized spacial score (nSPS) is 10.6. The highest BCUT2D eigenvalue weighted by atomic mass is 32.2. The van der Waals surface area contributed by atoms with E-state index in [1.807, 2.05) is 29.6 Å². The number of aliphatic hydroxyl groups excluding tert-OH is 1. The van der Waals surface area contributed by atoms with Gasteiger partial charge < -0.3 is 10.8 Å². The Bertz CT molecular complexity index is 453. The van der Waals surface area contributed by atoms with Crippen LogP contribution in [0.1, 0.15) is 11.3 Å². The number of thioether (sulfide) groups is 1. The molecule has 16 heavy (non-hydrogen) atoms. The van der Waals surface area contributed by atoms with Crippen LogP contribution in [-0.4, -0.2) is 10.1 Å². The lowest BCUT2D eigenvalue weighted by molar-refractivity contribution is 0.282. The number of aromatic nitrogens is 1. The first-order valence-electron chi connectivity index (χ1n) is 4.80. The number of aliphatic hydroxyl groups is 1. The maximum Gasteiger partial charge on any atom is 0.180 e. The Hall–Kier alpha value is -1.04. The monoisotopic (exact) mass is 252 g/mol. The van der Waals surface area contributed by atoms with Gasteiger partial charge in [-0.05, 0) is 17.7 Å². The third-order valence-electron chi connectivity index (χ3n) is 2.06. The quantitative estimate of drug-likeness (QED) is 0.821. The van der Waals surface area contributed by atoms with E-state index in [0.29, 0.717) is 5.13 Å². The minimum absolute atomic E-state index is 0.0908. The first kappa shape index (κ1) is 11.4. The summed E-state index contributed by atoms with van der Waals surface area (Å²) in [5.74, 6) is 0.826. The highest BCUT2D eigenvalue weighted by Crippen LogP contribution is 2.24. The van der Waals surface area contributed by atoms with Crippen molar-refractivity contribution in [3.8, 4) is 0 Å². The topological polar surface area (TPSA) is 59.1 Å². The Balaban J connectivity index is 1.94. The number of hydrogen-bond acceptors (Lipinski definition) is 5. The molecule has 1 aromatic heterocycles. The van der Waals surface area contributed by atoms with Crippen molar-refractivity contribution in [2.24, 2.45) is 0 Å². The largest absolute Gasteiger partial charge is 0.392 e. The van der Waals surface area contributed by atoms with Crippen LogP contribution in [-0.2, 0) is 12.4 Å². The van der Waals surface area contributed by atoms with Gasteiger partial charge in [0.05, 0.1) is 12.3 Å². The molecule has 2 rings (SSSR count). The summed E-state index contributed by atoms with van der Waals surface area (Å²) >= 11 is 3.18. The Morgan fingerprint density at radius 3 is 2.62 bits per heavy atom. The summed E-state index contributed by atoms with van der Waals surface area (Å²) in [5, 5.41) is 11.5. The van der Waals surface area contributed by atoms with Gasteiger partial charge in [0.1, 0.15) is 0 Å². The molecule has 3 N–H and O–H groups in total. The number of benzene rings is 1. The second-order valence-corrected chi connectivity index (χ2v) is 5.21. The molecule has 0 aliphatic rings. The predicted octanol–water partition coefficient (Wildman–Crippen LogP) is 2.51. The van der Waals surface area contributed by atoms with Crippen molar-refractivity contribution >= 4 is 28.2 Å². The van der Waals surface area contributed by atoms with Crippen LogP contribution >= 0.6 is 23.1 Å². The molecule has 0 saturated carbocycles. The zero-order chi connectivity index (χ0) is 11.4. The molecule has 0 amide bonds. The molecule has 0 unspecified atom stereocenters. The average Bonchev–Trinajstić information content (AvgIpc) is 2.73. The first-order valence-corrected chi connectivity index (χ1v) is 6.67. The van der Waals surface area contributed by atoms with E-state index in [1.165, 1.54) is 16.2 Å². The Morgan fingerprint density at radius 2 is 2.06 bits per heavy atom. The van der Waals surface area contributed by atoms with E-state index in [2.05, 4.69) is 4.98 Å². The van der Waals surface area contributed by atoms with Crippen LogP contribution in [0.15, 0.2) is 34.5 Å². The summed E-state index contributed by atoms with van der Waals surface area (Å²) in [4.78, 5) is 5.37. The smallest absolute Gasteiger partial charge is 0.180 e. The fourth-order valence-corrected chi connectivity index (χ4v) is 2.70. The average molecular weight is 252 g/mol. The molecule has 84 valence electrons. The van der Waals surface area contributed by atoms with Gasteiger partial charge in [-0.25, -0.2) is 4.98 Å². The van der Waals surface area contributed by atoms with Crippen molar-refractivity contribution < 1.29 is 5.11 Å².